The smallest absolute Gasteiger partial charge is 0.244 e. The Morgan fingerprint density at radius 1 is 1.38 bits per heavy atom. The summed E-state index contributed by atoms with van der Waals surface area (Å²) in [5.74, 6) is 1.16. The van der Waals surface area contributed by atoms with E-state index < -0.39 is 0 Å². The number of carbonyl (C=O) groups is 1. The summed E-state index contributed by atoms with van der Waals surface area (Å²) < 4.78 is 4.22. The van der Waals surface area contributed by atoms with E-state index in [1.54, 1.807) is 19.0 Å². The number of carbonyl (C=O) groups excluding carboxylic acids is 1. The molecular weight excluding hydrogens is 224 g/mol. The minimum Gasteiger partial charge on any atom is -0.349 e. The van der Waals surface area contributed by atoms with Crippen LogP contribution in [0.15, 0.2) is 0 Å². The summed E-state index contributed by atoms with van der Waals surface area (Å²) in [5.41, 5.74) is 0. The highest BCUT2D eigenvalue weighted by Gasteiger charge is 2.16. The lowest BCUT2D eigenvalue weighted by Crippen LogP contribution is -2.36. The fourth-order valence-corrected chi connectivity index (χ4v) is 1.96. The number of hydrogen-bond donors (Lipinski definition) is 1. The van der Waals surface area contributed by atoms with Crippen molar-refractivity contribution in [3.63, 3.8) is 0 Å². The normalized spacial score (nSPS) is 12.6. The van der Waals surface area contributed by atoms with E-state index in [-0.39, 0.29) is 11.9 Å². The average molecular weight is 242 g/mol. The summed E-state index contributed by atoms with van der Waals surface area (Å²) in [6, 6.07) is -0.275. The van der Waals surface area contributed by atoms with Crippen molar-refractivity contribution in [1.29, 1.82) is 0 Å². The topological polar surface area (TPSA) is 58.1 Å². The predicted molar refractivity (Wildman–Crippen MR) is 65.8 cm³/mol. The van der Waals surface area contributed by atoms with Gasteiger partial charge in [0.2, 0.25) is 11.0 Å². The number of nitrogens with zero attached hydrogens (tertiary/aromatic N) is 3. The second kappa shape index (κ2) is 5.25. The number of amides is 1. The van der Waals surface area contributed by atoms with Crippen molar-refractivity contribution in [2.24, 2.45) is 0 Å². The van der Waals surface area contributed by atoms with Crippen LogP contribution in [0.4, 0.5) is 5.13 Å². The van der Waals surface area contributed by atoms with Gasteiger partial charge in [-0.05, 0) is 6.92 Å². The molecule has 1 unspecified atom stereocenters. The molecule has 1 N–H and O–H groups in total. The van der Waals surface area contributed by atoms with Gasteiger partial charge in [0.15, 0.2) is 0 Å². The van der Waals surface area contributed by atoms with E-state index in [4.69, 9.17) is 0 Å². The Labute approximate surface area is 100 Å². The van der Waals surface area contributed by atoms with Crippen LogP contribution in [0.2, 0.25) is 0 Å². The summed E-state index contributed by atoms with van der Waals surface area (Å²) in [7, 11) is 3.47. The molecule has 0 saturated heterocycles. The average Bonchev–Trinajstić information content (AvgIpc) is 2.64. The van der Waals surface area contributed by atoms with Gasteiger partial charge in [-0.1, -0.05) is 13.8 Å². The lowest BCUT2D eigenvalue weighted by Gasteiger charge is -2.16. The molecule has 1 heterocycles. The van der Waals surface area contributed by atoms with Gasteiger partial charge in [-0.25, -0.2) is 4.98 Å². The molecule has 0 saturated carbocycles. The van der Waals surface area contributed by atoms with Gasteiger partial charge in [-0.2, -0.15) is 4.37 Å². The van der Waals surface area contributed by atoms with Gasteiger partial charge in [-0.15, -0.1) is 0 Å². The Morgan fingerprint density at radius 2 is 2.00 bits per heavy atom. The number of aromatic nitrogens is 2. The highest BCUT2D eigenvalue weighted by atomic mass is 32.1. The third kappa shape index (κ3) is 3.16. The predicted octanol–water partition coefficient (Wildman–Crippen LogP) is 1.55. The summed E-state index contributed by atoms with van der Waals surface area (Å²) >= 11 is 1.29. The maximum atomic E-state index is 11.6. The van der Waals surface area contributed by atoms with Crippen LogP contribution in [-0.2, 0) is 4.79 Å². The fourth-order valence-electron chi connectivity index (χ4n) is 1.16. The molecule has 0 aromatic carbocycles. The minimum atomic E-state index is -0.275. The minimum absolute atomic E-state index is 0.0290. The van der Waals surface area contributed by atoms with E-state index in [1.165, 1.54) is 11.5 Å². The quantitative estimate of drug-likeness (QED) is 0.870. The number of likely N-dealkylation sites (N-methyl/N-ethyl adjacent to an activating group) is 1. The zero-order chi connectivity index (χ0) is 12.3. The molecule has 0 aliphatic carbocycles. The first-order valence-corrected chi connectivity index (χ1v) is 6.00. The van der Waals surface area contributed by atoms with Gasteiger partial charge in [0.1, 0.15) is 11.9 Å². The van der Waals surface area contributed by atoms with Crippen molar-refractivity contribution < 1.29 is 4.79 Å². The van der Waals surface area contributed by atoms with Gasteiger partial charge in [-0.3, -0.25) is 4.79 Å². The Hall–Kier alpha value is -1.17. The second-order valence-electron chi connectivity index (χ2n) is 4.21. The molecule has 0 radical (unpaired) electrons. The zero-order valence-electron chi connectivity index (χ0n) is 10.3. The molecule has 0 aliphatic heterocycles. The van der Waals surface area contributed by atoms with Crippen molar-refractivity contribution in [2.45, 2.75) is 32.7 Å². The third-order valence-electron chi connectivity index (χ3n) is 2.11. The molecule has 90 valence electrons. The van der Waals surface area contributed by atoms with E-state index in [0.717, 1.165) is 5.82 Å². The van der Waals surface area contributed by atoms with Gasteiger partial charge < -0.3 is 10.2 Å². The van der Waals surface area contributed by atoms with E-state index in [1.807, 2.05) is 20.8 Å². The number of rotatable bonds is 4. The third-order valence-corrected chi connectivity index (χ3v) is 2.77. The number of nitrogens with one attached hydrogen (secondary N) is 1. The van der Waals surface area contributed by atoms with Crippen LogP contribution < -0.4 is 5.32 Å². The lowest BCUT2D eigenvalue weighted by molar-refractivity contribution is -0.129. The standard InChI is InChI=1S/C10H18N4OS/c1-6(2)8-12-10(16-13-8)11-7(3)9(15)14(4)5/h6-7H,1-5H3,(H,11,12,13). The highest BCUT2D eigenvalue weighted by Crippen LogP contribution is 2.18. The molecule has 16 heavy (non-hydrogen) atoms. The van der Waals surface area contributed by atoms with Crippen LogP contribution in [0.25, 0.3) is 0 Å². The molecule has 1 amide bonds. The maximum absolute atomic E-state index is 11.6. The molecule has 0 fully saturated rings. The molecule has 6 heteroatoms. The van der Waals surface area contributed by atoms with Crippen molar-refractivity contribution in [3.05, 3.63) is 5.82 Å². The molecule has 1 aromatic rings. The first-order valence-electron chi connectivity index (χ1n) is 5.23. The largest absolute Gasteiger partial charge is 0.349 e. The van der Waals surface area contributed by atoms with Crippen molar-refractivity contribution in [2.75, 3.05) is 19.4 Å². The Bertz CT molecular complexity index is 361. The summed E-state index contributed by atoms with van der Waals surface area (Å²) in [6.45, 7) is 5.90. The lowest BCUT2D eigenvalue weighted by atomic mass is 10.2. The fraction of sp³-hybridized carbons (Fsp3) is 0.700. The van der Waals surface area contributed by atoms with E-state index in [2.05, 4.69) is 14.7 Å². The molecule has 1 atom stereocenters. The Kier molecular flexibility index (Phi) is 4.23. The van der Waals surface area contributed by atoms with Crippen molar-refractivity contribution in [1.82, 2.24) is 14.3 Å². The van der Waals surface area contributed by atoms with Crippen LogP contribution in [0.1, 0.15) is 32.5 Å². The first-order chi connectivity index (χ1) is 7.41. The molecule has 1 aromatic heterocycles. The van der Waals surface area contributed by atoms with Crippen LogP contribution in [0.3, 0.4) is 0 Å². The maximum Gasteiger partial charge on any atom is 0.244 e. The van der Waals surface area contributed by atoms with Gasteiger partial charge >= 0.3 is 0 Å². The number of hydrogen-bond acceptors (Lipinski definition) is 5. The Balaban J connectivity index is 2.63. The van der Waals surface area contributed by atoms with Crippen LogP contribution in [0, 0.1) is 0 Å². The van der Waals surface area contributed by atoms with Crippen LogP contribution in [-0.4, -0.2) is 40.3 Å². The van der Waals surface area contributed by atoms with Gasteiger partial charge in [0.25, 0.3) is 0 Å². The summed E-state index contributed by atoms with van der Waals surface area (Å²) in [4.78, 5) is 17.5. The van der Waals surface area contributed by atoms with Crippen LogP contribution in [0.5, 0.6) is 0 Å². The van der Waals surface area contributed by atoms with Crippen LogP contribution >= 0.6 is 11.5 Å². The molecular formula is C10H18N4OS. The monoisotopic (exact) mass is 242 g/mol. The molecule has 0 spiro atoms. The van der Waals surface area contributed by atoms with E-state index >= 15 is 0 Å². The highest BCUT2D eigenvalue weighted by molar-refractivity contribution is 7.09. The molecule has 0 bridgehead atoms. The molecule has 0 aliphatic rings. The molecule has 1 rings (SSSR count). The van der Waals surface area contributed by atoms with Crippen molar-refractivity contribution in [3.8, 4) is 0 Å². The van der Waals surface area contributed by atoms with E-state index in [9.17, 15) is 4.79 Å². The Morgan fingerprint density at radius 3 is 2.44 bits per heavy atom. The summed E-state index contributed by atoms with van der Waals surface area (Å²) in [6.07, 6.45) is 0. The first kappa shape index (κ1) is 12.9. The van der Waals surface area contributed by atoms with E-state index in [0.29, 0.717) is 11.0 Å². The zero-order valence-corrected chi connectivity index (χ0v) is 11.1. The summed E-state index contributed by atoms with van der Waals surface area (Å²) in [5, 5.41) is 3.75. The van der Waals surface area contributed by atoms with Gasteiger partial charge in [0.05, 0.1) is 0 Å². The molecule has 5 nitrogen and oxygen atoms in total. The van der Waals surface area contributed by atoms with Gasteiger partial charge in [0, 0.05) is 31.5 Å². The van der Waals surface area contributed by atoms with Crippen molar-refractivity contribution >= 4 is 22.6 Å². The number of anilines is 1. The second-order valence-corrected chi connectivity index (χ2v) is 4.96. The SMILES string of the molecule is CC(Nc1nc(C(C)C)ns1)C(=O)N(C)C.